The largest absolute Gasteiger partial charge is 0.481 e. The van der Waals surface area contributed by atoms with Gasteiger partial charge in [-0.15, -0.1) is 0 Å². The van der Waals surface area contributed by atoms with E-state index in [-0.39, 0.29) is 23.7 Å². The lowest BCUT2D eigenvalue weighted by molar-refractivity contribution is -0.144. The highest BCUT2D eigenvalue weighted by Crippen LogP contribution is 2.29. The van der Waals surface area contributed by atoms with Crippen LogP contribution in [-0.2, 0) is 11.2 Å². The molecule has 0 saturated heterocycles. The van der Waals surface area contributed by atoms with E-state index in [1.54, 1.807) is 12.1 Å². The second-order valence-corrected chi connectivity index (χ2v) is 6.09. The summed E-state index contributed by atoms with van der Waals surface area (Å²) in [7, 11) is 0. The number of hydrogen-bond donors (Lipinski definition) is 2. The molecule has 2 N–H and O–H groups in total. The second kappa shape index (κ2) is 7.55. The third kappa shape index (κ3) is 4.53. The molecule has 1 aliphatic rings. The van der Waals surface area contributed by atoms with E-state index in [1.807, 2.05) is 13.0 Å². The molecule has 21 heavy (non-hydrogen) atoms. The van der Waals surface area contributed by atoms with Crippen LogP contribution in [0.3, 0.4) is 0 Å². The van der Waals surface area contributed by atoms with Gasteiger partial charge < -0.3 is 10.4 Å². The maximum Gasteiger partial charge on any atom is 0.306 e. The zero-order valence-electron chi connectivity index (χ0n) is 12.5. The Morgan fingerprint density at radius 1 is 1.38 bits per heavy atom. The number of hydrogen-bond acceptors (Lipinski definition) is 2. The Morgan fingerprint density at radius 2 is 2.10 bits per heavy atom. The van der Waals surface area contributed by atoms with Crippen LogP contribution >= 0.6 is 0 Å². The first kappa shape index (κ1) is 16.0. The maximum absolute atomic E-state index is 13.6. The highest BCUT2D eigenvalue weighted by atomic mass is 19.1. The van der Waals surface area contributed by atoms with Crippen molar-refractivity contribution in [2.45, 2.75) is 45.1 Å². The molecule has 2 rings (SSSR count). The van der Waals surface area contributed by atoms with Crippen molar-refractivity contribution in [3.05, 3.63) is 35.6 Å². The topological polar surface area (TPSA) is 49.3 Å². The average molecular weight is 293 g/mol. The first-order chi connectivity index (χ1) is 10.1. The fourth-order valence-corrected chi connectivity index (χ4v) is 3.20. The summed E-state index contributed by atoms with van der Waals surface area (Å²) in [5, 5.41) is 12.7. The van der Waals surface area contributed by atoms with Gasteiger partial charge in [0, 0.05) is 6.04 Å². The summed E-state index contributed by atoms with van der Waals surface area (Å²) in [5.74, 6) is -0.887. The van der Waals surface area contributed by atoms with Crippen LogP contribution < -0.4 is 5.32 Å². The third-order valence-electron chi connectivity index (χ3n) is 4.44. The highest BCUT2D eigenvalue weighted by Gasteiger charge is 2.30. The molecule has 4 heteroatoms. The summed E-state index contributed by atoms with van der Waals surface area (Å²) in [5.41, 5.74) is 0.705. The minimum atomic E-state index is -0.678. The van der Waals surface area contributed by atoms with Crippen LogP contribution in [0.1, 0.15) is 38.2 Å². The average Bonchev–Trinajstić information content (AvgIpc) is 2.48. The molecule has 1 saturated carbocycles. The molecule has 0 amide bonds. The Bertz CT molecular complexity index is 478. The summed E-state index contributed by atoms with van der Waals surface area (Å²) in [6, 6.07) is 6.94. The van der Waals surface area contributed by atoms with Gasteiger partial charge >= 0.3 is 5.97 Å². The lowest BCUT2D eigenvalue weighted by Crippen LogP contribution is -2.38. The summed E-state index contributed by atoms with van der Waals surface area (Å²) < 4.78 is 13.6. The van der Waals surface area contributed by atoms with Crippen LogP contribution in [0.4, 0.5) is 4.39 Å². The van der Waals surface area contributed by atoms with Crippen LogP contribution in [0.2, 0.25) is 0 Å². The molecular weight excluding hydrogens is 269 g/mol. The van der Waals surface area contributed by atoms with Crippen molar-refractivity contribution in [2.24, 2.45) is 11.8 Å². The number of benzene rings is 1. The summed E-state index contributed by atoms with van der Waals surface area (Å²) in [6.07, 6.45) is 4.49. The summed E-state index contributed by atoms with van der Waals surface area (Å²) >= 11 is 0. The van der Waals surface area contributed by atoms with Gasteiger partial charge in [0.05, 0.1) is 5.92 Å². The molecule has 0 aliphatic heterocycles. The van der Waals surface area contributed by atoms with Crippen molar-refractivity contribution in [3.8, 4) is 0 Å². The Hall–Kier alpha value is -1.42. The number of nitrogens with one attached hydrogen (secondary N) is 1. The van der Waals surface area contributed by atoms with Crippen LogP contribution in [0.5, 0.6) is 0 Å². The number of carboxylic acid groups (broad SMARTS) is 1. The van der Waals surface area contributed by atoms with Gasteiger partial charge in [0.1, 0.15) is 5.82 Å². The summed E-state index contributed by atoms with van der Waals surface area (Å²) in [6.45, 7) is 2.72. The van der Waals surface area contributed by atoms with Crippen molar-refractivity contribution >= 4 is 5.97 Å². The first-order valence-electron chi connectivity index (χ1n) is 7.77. The van der Waals surface area contributed by atoms with Gasteiger partial charge in [-0.2, -0.15) is 0 Å². The Kier molecular flexibility index (Phi) is 5.74. The van der Waals surface area contributed by atoms with Crippen molar-refractivity contribution in [1.82, 2.24) is 5.32 Å². The monoisotopic (exact) mass is 293 g/mol. The molecule has 0 spiro atoms. The maximum atomic E-state index is 13.6. The van der Waals surface area contributed by atoms with Gasteiger partial charge in [0.15, 0.2) is 0 Å². The Morgan fingerprint density at radius 3 is 2.81 bits per heavy atom. The smallest absolute Gasteiger partial charge is 0.306 e. The normalized spacial score (nSPS) is 23.7. The number of carboxylic acids is 1. The van der Waals surface area contributed by atoms with Gasteiger partial charge in [-0.25, -0.2) is 4.39 Å². The van der Waals surface area contributed by atoms with E-state index in [0.29, 0.717) is 18.5 Å². The molecule has 3 nitrogen and oxygen atoms in total. The lowest BCUT2D eigenvalue weighted by atomic mass is 9.79. The molecule has 0 heterocycles. The fraction of sp³-hybridized carbons (Fsp3) is 0.588. The van der Waals surface area contributed by atoms with Gasteiger partial charge in [0.25, 0.3) is 0 Å². The van der Waals surface area contributed by atoms with Crippen LogP contribution in [0.25, 0.3) is 0 Å². The van der Waals surface area contributed by atoms with Crippen LogP contribution in [0.15, 0.2) is 24.3 Å². The van der Waals surface area contributed by atoms with Crippen LogP contribution in [-0.4, -0.2) is 23.7 Å². The highest BCUT2D eigenvalue weighted by molar-refractivity contribution is 5.70. The van der Waals surface area contributed by atoms with Crippen molar-refractivity contribution in [3.63, 3.8) is 0 Å². The minimum Gasteiger partial charge on any atom is -0.481 e. The quantitative estimate of drug-likeness (QED) is 0.846. The number of carbonyl (C=O) groups is 1. The number of rotatable bonds is 6. The predicted octanol–water partition coefficient (Wildman–Crippen LogP) is 3.24. The van der Waals surface area contributed by atoms with Crippen molar-refractivity contribution in [1.29, 1.82) is 0 Å². The van der Waals surface area contributed by atoms with E-state index in [2.05, 4.69) is 5.32 Å². The molecule has 3 unspecified atom stereocenters. The molecule has 3 atom stereocenters. The van der Waals surface area contributed by atoms with E-state index in [4.69, 9.17) is 0 Å². The van der Waals surface area contributed by atoms with Crippen molar-refractivity contribution < 1.29 is 14.3 Å². The Labute approximate surface area is 125 Å². The van der Waals surface area contributed by atoms with Crippen molar-refractivity contribution in [2.75, 3.05) is 6.54 Å². The molecular formula is C17H24FNO2. The third-order valence-corrected chi connectivity index (χ3v) is 4.44. The Balaban J connectivity index is 1.84. The zero-order valence-corrected chi connectivity index (χ0v) is 12.5. The molecule has 0 aromatic heterocycles. The van der Waals surface area contributed by atoms with E-state index >= 15 is 0 Å². The van der Waals surface area contributed by atoms with Gasteiger partial charge in [0.2, 0.25) is 0 Å². The molecule has 0 radical (unpaired) electrons. The van der Waals surface area contributed by atoms with E-state index in [9.17, 15) is 14.3 Å². The minimum absolute atomic E-state index is 0.137. The number of halogens is 1. The van der Waals surface area contributed by atoms with E-state index in [0.717, 1.165) is 25.7 Å². The molecule has 116 valence electrons. The second-order valence-electron chi connectivity index (χ2n) is 6.09. The predicted molar refractivity (Wildman–Crippen MR) is 80.7 cm³/mol. The van der Waals surface area contributed by atoms with Crippen LogP contribution in [0, 0.1) is 17.7 Å². The standard InChI is InChI=1S/C17H24FNO2/c1-12(10-13-6-3-5-9-16(13)18)19-11-14-7-2-4-8-15(14)17(20)21/h3,5-6,9,12,14-15,19H,2,4,7-8,10-11H2,1H3,(H,20,21). The van der Waals surface area contributed by atoms with Gasteiger partial charge in [-0.1, -0.05) is 31.0 Å². The molecule has 0 bridgehead atoms. The molecule has 1 aromatic rings. The number of aliphatic carboxylic acids is 1. The first-order valence-corrected chi connectivity index (χ1v) is 7.77. The van der Waals surface area contributed by atoms with E-state index < -0.39 is 5.97 Å². The SMILES string of the molecule is CC(Cc1ccccc1F)NCC1CCCCC1C(=O)O. The molecule has 1 aromatic carbocycles. The fourth-order valence-electron chi connectivity index (χ4n) is 3.20. The lowest BCUT2D eigenvalue weighted by Gasteiger charge is -2.29. The molecule has 1 aliphatic carbocycles. The summed E-state index contributed by atoms with van der Waals surface area (Å²) in [4.78, 5) is 11.3. The van der Waals surface area contributed by atoms with Gasteiger partial charge in [-0.3, -0.25) is 4.79 Å². The zero-order chi connectivity index (χ0) is 15.2. The van der Waals surface area contributed by atoms with Gasteiger partial charge in [-0.05, 0) is 50.3 Å². The molecule has 1 fully saturated rings. The van der Waals surface area contributed by atoms with E-state index in [1.165, 1.54) is 6.07 Å².